The fourth-order valence-electron chi connectivity index (χ4n) is 6.21. The summed E-state index contributed by atoms with van der Waals surface area (Å²) in [5, 5.41) is 10.4. The molecular formula is C22H20N2O4. The Kier molecular flexibility index (Phi) is 2.75. The number of amides is 1. The van der Waals surface area contributed by atoms with E-state index in [1.54, 1.807) is 46.0 Å². The Bertz CT molecular complexity index is 1080. The molecule has 1 saturated heterocycles. The lowest BCUT2D eigenvalue weighted by atomic mass is 9.49. The zero-order valence-corrected chi connectivity index (χ0v) is 16.2. The van der Waals surface area contributed by atoms with Crippen LogP contribution in [0, 0.1) is 28.1 Å². The van der Waals surface area contributed by atoms with Gasteiger partial charge in [-0.1, -0.05) is 32.1 Å². The third-order valence-electron chi connectivity index (χ3n) is 7.83. The van der Waals surface area contributed by atoms with Crippen molar-refractivity contribution in [2.24, 2.45) is 16.7 Å². The lowest BCUT2D eigenvalue weighted by molar-refractivity contribution is -0.165. The molecule has 0 radical (unpaired) electrons. The number of benzene rings is 1. The highest BCUT2D eigenvalue weighted by molar-refractivity contribution is 6.18. The molecule has 1 aromatic rings. The highest BCUT2D eigenvalue weighted by Gasteiger charge is 2.82. The Morgan fingerprint density at radius 1 is 1.21 bits per heavy atom. The second-order valence-electron chi connectivity index (χ2n) is 8.98. The molecular weight excluding hydrogens is 356 g/mol. The molecule has 3 bridgehead atoms. The molecule has 2 heterocycles. The van der Waals surface area contributed by atoms with Crippen LogP contribution in [-0.2, 0) is 30.1 Å². The van der Waals surface area contributed by atoms with Crippen molar-refractivity contribution in [3.63, 3.8) is 0 Å². The maximum Gasteiger partial charge on any atom is 0.264 e. The summed E-state index contributed by atoms with van der Waals surface area (Å²) in [6.07, 6.45) is 0.317. The zero-order chi connectivity index (χ0) is 20.4. The van der Waals surface area contributed by atoms with E-state index in [4.69, 9.17) is 4.74 Å². The summed E-state index contributed by atoms with van der Waals surface area (Å²) in [6, 6.07) is 7.41. The van der Waals surface area contributed by atoms with E-state index in [0.717, 1.165) is 0 Å². The monoisotopic (exact) mass is 376 g/mol. The normalized spacial score (nSPS) is 41.7. The van der Waals surface area contributed by atoms with Gasteiger partial charge in [0.2, 0.25) is 0 Å². The number of allylic oxidation sites excluding steroid dienone is 1. The van der Waals surface area contributed by atoms with Crippen LogP contribution in [0.4, 0.5) is 5.69 Å². The summed E-state index contributed by atoms with van der Waals surface area (Å²) in [6.45, 7) is 8.98. The van der Waals surface area contributed by atoms with Gasteiger partial charge in [0.15, 0.2) is 22.6 Å². The molecule has 1 spiro atoms. The summed E-state index contributed by atoms with van der Waals surface area (Å²) in [5.41, 5.74) is -4.09. The molecule has 0 aromatic heterocycles. The lowest BCUT2D eigenvalue weighted by Crippen LogP contribution is -2.64. The number of carbonyl (C=O) groups is 3. The predicted molar refractivity (Wildman–Crippen MR) is 99.3 cm³/mol. The Hall–Kier alpha value is -2.78. The Morgan fingerprint density at radius 2 is 1.89 bits per heavy atom. The minimum Gasteiger partial charge on any atom is -0.348 e. The SMILES string of the molecule is C=C[C@]1(C)C(=O)[C@@H]2O[C@]34C(=O)N(C)c5cccc(c53)[C@@]1(C#N)C(=O)[C@H]2C4(C)C. The summed E-state index contributed by atoms with van der Waals surface area (Å²) in [4.78, 5) is 42.6. The molecule has 2 aliphatic carbocycles. The van der Waals surface area contributed by atoms with E-state index >= 15 is 0 Å². The standard InChI is InChI=1S/C22H20N2O4/c1-6-20(4)17(26)15-14-16(25)21(20,10-23)11-8-7-9-12-13(11)22(28-15,19(14,2)3)18(27)24(12)5/h6-9,14-15H,1H2,2-5H3/t14-,15+,20+,21-,22-/m0/s1. The lowest BCUT2D eigenvalue weighted by Gasteiger charge is -2.48. The Morgan fingerprint density at radius 3 is 2.50 bits per heavy atom. The molecule has 6 nitrogen and oxygen atoms in total. The molecule has 0 unspecified atom stereocenters. The van der Waals surface area contributed by atoms with Crippen LogP contribution in [0.5, 0.6) is 0 Å². The first kappa shape index (κ1) is 17.3. The molecule has 1 saturated carbocycles. The van der Waals surface area contributed by atoms with Crippen molar-refractivity contribution >= 4 is 23.2 Å². The van der Waals surface area contributed by atoms with Crippen molar-refractivity contribution in [2.75, 3.05) is 11.9 Å². The number of hydrogen-bond donors (Lipinski definition) is 0. The third kappa shape index (κ3) is 1.24. The van der Waals surface area contributed by atoms with E-state index in [2.05, 4.69) is 12.6 Å². The molecule has 5 rings (SSSR count). The first-order valence-electron chi connectivity index (χ1n) is 9.31. The van der Waals surface area contributed by atoms with Crippen LogP contribution in [0.3, 0.4) is 0 Å². The van der Waals surface area contributed by atoms with Gasteiger partial charge in [-0.05, 0) is 18.6 Å². The molecule has 5 atom stereocenters. The smallest absolute Gasteiger partial charge is 0.264 e. The van der Waals surface area contributed by atoms with Gasteiger partial charge >= 0.3 is 0 Å². The van der Waals surface area contributed by atoms with Gasteiger partial charge in [0.25, 0.3) is 5.91 Å². The predicted octanol–water partition coefficient (Wildman–Crippen LogP) is 2.02. The van der Waals surface area contributed by atoms with Crippen LogP contribution in [-0.4, -0.2) is 30.6 Å². The van der Waals surface area contributed by atoms with E-state index in [1.165, 1.54) is 11.0 Å². The molecule has 2 fully saturated rings. The maximum atomic E-state index is 14.0. The summed E-state index contributed by atoms with van der Waals surface area (Å²) in [7, 11) is 1.66. The van der Waals surface area contributed by atoms with Gasteiger partial charge in [-0.3, -0.25) is 14.4 Å². The third-order valence-corrected chi connectivity index (χ3v) is 7.83. The van der Waals surface area contributed by atoms with E-state index in [1.807, 2.05) is 0 Å². The van der Waals surface area contributed by atoms with Gasteiger partial charge < -0.3 is 9.64 Å². The van der Waals surface area contributed by atoms with Crippen molar-refractivity contribution in [3.05, 3.63) is 42.0 Å². The first-order valence-corrected chi connectivity index (χ1v) is 9.31. The maximum absolute atomic E-state index is 14.0. The average molecular weight is 376 g/mol. The van der Waals surface area contributed by atoms with Crippen LogP contribution in [0.15, 0.2) is 30.9 Å². The van der Waals surface area contributed by atoms with Crippen LogP contribution >= 0.6 is 0 Å². The van der Waals surface area contributed by atoms with Gasteiger partial charge in [-0.2, -0.15) is 5.26 Å². The number of ether oxygens (including phenoxy) is 1. The van der Waals surface area contributed by atoms with Crippen LogP contribution in [0.1, 0.15) is 31.9 Å². The van der Waals surface area contributed by atoms with E-state index < -0.39 is 33.9 Å². The van der Waals surface area contributed by atoms with Crippen molar-refractivity contribution in [1.29, 1.82) is 5.26 Å². The van der Waals surface area contributed by atoms with Crippen molar-refractivity contribution in [2.45, 2.75) is 37.9 Å². The number of fused-ring (bicyclic) bond motifs is 2. The average Bonchev–Trinajstić information content (AvgIpc) is 3.03. The van der Waals surface area contributed by atoms with E-state index in [9.17, 15) is 19.6 Å². The number of likely N-dealkylation sites (N-methyl/N-ethyl adjacent to an activating group) is 1. The van der Waals surface area contributed by atoms with Crippen LogP contribution in [0.2, 0.25) is 0 Å². The second-order valence-corrected chi connectivity index (χ2v) is 8.98. The minimum atomic E-state index is -1.74. The number of anilines is 1. The number of Topliss-reactive ketones (excluding diaryl/α,β-unsaturated/α-hetero) is 2. The second kappa shape index (κ2) is 4.44. The molecule has 142 valence electrons. The fourth-order valence-corrected chi connectivity index (χ4v) is 6.21. The number of rotatable bonds is 1. The van der Waals surface area contributed by atoms with Crippen molar-refractivity contribution in [1.82, 2.24) is 0 Å². The highest BCUT2D eigenvalue weighted by Crippen LogP contribution is 2.71. The zero-order valence-electron chi connectivity index (χ0n) is 16.2. The van der Waals surface area contributed by atoms with Gasteiger partial charge in [-0.15, -0.1) is 6.58 Å². The first-order chi connectivity index (χ1) is 13.1. The summed E-state index contributed by atoms with van der Waals surface area (Å²) < 4.78 is 6.32. The molecule has 4 aliphatic rings. The van der Waals surface area contributed by atoms with Gasteiger partial charge in [0.05, 0.1) is 23.1 Å². The van der Waals surface area contributed by atoms with Crippen LogP contribution < -0.4 is 4.90 Å². The van der Waals surface area contributed by atoms with Crippen molar-refractivity contribution < 1.29 is 19.1 Å². The topological polar surface area (TPSA) is 87.5 Å². The summed E-state index contributed by atoms with van der Waals surface area (Å²) >= 11 is 0. The van der Waals surface area contributed by atoms with E-state index in [-0.39, 0.29) is 17.5 Å². The molecule has 2 aliphatic heterocycles. The molecule has 0 N–H and O–H groups in total. The number of ketones is 2. The Labute approximate surface area is 162 Å². The molecule has 28 heavy (non-hydrogen) atoms. The summed E-state index contributed by atoms with van der Waals surface area (Å²) in [5.74, 6) is -1.91. The number of nitrogens with zero attached hydrogens (tertiary/aromatic N) is 2. The van der Waals surface area contributed by atoms with Gasteiger partial charge in [0.1, 0.15) is 6.10 Å². The number of hydrogen-bond acceptors (Lipinski definition) is 5. The number of nitriles is 1. The molecule has 1 aromatic carbocycles. The largest absolute Gasteiger partial charge is 0.348 e. The van der Waals surface area contributed by atoms with E-state index in [0.29, 0.717) is 16.8 Å². The highest BCUT2D eigenvalue weighted by atomic mass is 16.5. The number of carbonyl (C=O) groups excluding carboxylic acids is 3. The van der Waals surface area contributed by atoms with Crippen molar-refractivity contribution in [3.8, 4) is 6.07 Å². The van der Waals surface area contributed by atoms with Crippen LogP contribution in [0.25, 0.3) is 0 Å². The molecule has 6 heteroatoms. The fraction of sp³-hybridized carbons (Fsp3) is 0.455. The van der Waals surface area contributed by atoms with Gasteiger partial charge in [0, 0.05) is 18.0 Å². The Balaban J connectivity index is 2.08. The quantitative estimate of drug-likeness (QED) is 0.700. The molecule has 1 amide bonds. The minimum absolute atomic E-state index is 0.302. The van der Waals surface area contributed by atoms with Gasteiger partial charge in [-0.25, -0.2) is 0 Å².